The van der Waals surface area contributed by atoms with Gasteiger partial charge in [-0.25, -0.2) is 4.98 Å². The summed E-state index contributed by atoms with van der Waals surface area (Å²) in [7, 11) is 1.33. The highest BCUT2D eigenvalue weighted by molar-refractivity contribution is 7.99. The number of aromatic nitrogens is 1. The highest BCUT2D eigenvalue weighted by Crippen LogP contribution is 2.14. The van der Waals surface area contributed by atoms with Crippen LogP contribution in [0, 0.1) is 0 Å². The van der Waals surface area contributed by atoms with Gasteiger partial charge >= 0.3 is 5.97 Å². The largest absolute Gasteiger partial charge is 0.468 e. The summed E-state index contributed by atoms with van der Waals surface area (Å²) < 4.78 is 4.50. The van der Waals surface area contributed by atoms with Crippen LogP contribution >= 0.6 is 24.2 Å². The fraction of sp³-hybridized carbons (Fsp3) is 0.333. The smallest absolute Gasteiger partial charge is 0.323 e. The number of thioether (sulfide) groups is 1. The molecule has 4 nitrogen and oxygen atoms in total. The van der Waals surface area contributed by atoms with Crippen molar-refractivity contribution in [3.05, 3.63) is 24.4 Å². The number of hydrogen-bond donors (Lipinski definition) is 1. The van der Waals surface area contributed by atoms with Gasteiger partial charge in [-0.1, -0.05) is 6.07 Å². The third kappa shape index (κ3) is 5.01. The van der Waals surface area contributed by atoms with E-state index in [4.69, 9.17) is 5.73 Å². The van der Waals surface area contributed by atoms with Crippen molar-refractivity contribution in [2.75, 3.05) is 12.9 Å². The number of halogens is 1. The molecule has 1 heterocycles. The fourth-order valence-corrected chi connectivity index (χ4v) is 1.62. The van der Waals surface area contributed by atoms with Crippen LogP contribution in [0.5, 0.6) is 0 Å². The Hall–Kier alpha value is -0.780. The average Bonchev–Trinajstić information content (AvgIpc) is 2.26. The molecule has 0 radical (unpaired) electrons. The van der Waals surface area contributed by atoms with Crippen LogP contribution in [0.25, 0.3) is 0 Å². The SMILES string of the molecule is COC(=O)C(N)CSc1ccccn1.Cl. The quantitative estimate of drug-likeness (QED) is 0.639. The standard InChI is InChI=1S/C9H12N2O2S.ClH/c1-13-9(12)7(10)6-14-8-4-2-3-5-11-8;/h2-5,7H,6,10H2,1H3;1H. The van der Waals surface area contributed by atoms with Gasteiger partial charge in [0.05, 0.1) is 12.1 Å². The van der Waals surface area contributed by atoms with Gasteiger partial charge in [0.2, 0.25) is 0 Å². The summed E-state index contributed by atoms with van der Waals surface area (Å²) in [5.74, 6) is 0.0809. The van der Waals surface area contributed by atoms with Crippen LogP contribution in [0.1, 0.15) is 0 Å². The molecule has 2 N–H and O–H groups in total. The number of nitrogens with zero attached hydrogens (tertiary/aromatic N) is 1. The summed E-state index contributed by atoms with van der Waals surface area (Å²) in [6, 6.07) is 5.00. The lowest BCUT2D eigenvalue weighted by Crippen LogP contribution is -2.33. The van der Waals surface area contributed by atoms with Crippen LogP contribution in [0.15, 0.2) is 29.4 Å². The van der Waals surface area contributed by atoms with Crippen LogP contribution in [0.4, 0.5) is 0 Å². The number of methoxy groups -OCH3 is 1. The van der Waals surface area contributed by atoms with Gasteiger partial charge in [-0.3, -0.25) is 4.79 Å². The summed E-state index contributed by atoms with van der Waals surface area (Å²) in [6.45, 7) is 0. The van der Waals surface area contributed by atoms with Gasteiger partial charge in [-0.05, 0) is 12.1 Å². The molecule has 0 saturated heterocycles. The van der Waals surface area contributed by atoms with E-state index in [2.05, 4.69) is 9.72 Å². The molecular formula is C9H13ClN2O2S. The summed E-state index contributed by atoms with van der Waals surface area (Å²) in [5.41, 5.74) is 5.55. The van der Waals surface area contributed by atoms with Crippen molar-refractivity contribution in [2.45, 2.75) is 11.1 Å². The highest BCUT2D eigenvalue weighted by Gasteiger charge is 2.13. The highest BCUT2D eigenvalue weighted by atomic mass is 35.5. The second kappa shape index (κ2) is 7.50. The lowest BCUT2D eigenvalue weighted by atomic mass is 10.4. The number of esters is 1. The number of carbonyl (C=O) groups is 1. The Bertz CT molecular complexity index is 297. The molecule has 0 bridgehead atoms. The molecule has 84 valence electrons. The number of rotatable bonds is 4. The molecule has 0 fully saturated rings. The summed E-state index contributed by atoms with van der Waals surface area (Å²) >= 11 is 1.44. The molecule has 1 rings (SSSR count). The monoisotopic (exact) mass is 248 g/mol. The molecule has 0 saturated carbocycles. The first-order valence-electron chi connectivity index (χ1n) is 4.11. The minimum atomic E-state index is -0.591. The maximum Gasteiger partial charge on any atom is 0.323 e. The Labute approximate surface area is 99.0 Å². The predicted octanol–water partition coefficient (Wildman–Crippen LogP) is 1.10. The molecule has 0 spiro atoms. The van der Waals surface area contributed by atoms with Crippen molar-refractivity contribution in [2.24, 2.45) is 5.73 Å². The van der Waals surface area contributed by atoms with Crippen molar-refractivity contribution in [3.8, 4) is 0 Å². The third-order valence-electron chi connectivity index (χ3n) is 1.55. The predicted molar refractivity (Wildman–Crippen MR) is 62.2 cm³/mol. The lowest BCUT2D eigenvalue weighted by molar-refractivity contribution is -0.141. The minimum absolute atomic E-state index is 0. The first kappa shape index (κ1) is 14.2. The van der Waals surface area contributed by atoms with E-state index in [1.165, 1.54) is 18.9 Å². The van der Waals surface area contributed by atoms with Crippen molar-refractivity contribution in [1.29, 1.82) is 0 Å². The van der Waals surface area contributed by atoms with Gasteiger partial charge in [0.25, 0.3) is 0 Å². The van der Waals surface area contributed by atoms with Crippen LogP contribution in [-0.4, -0.2) is 29.9 Å². The summed E-state index contributed by atoms with van der Waals surface area (Å²) in [4.78, 5) is 15.0. The van der Waals surface area contributed by atoms with E-state index in [0.29, 0.717) is 5.75 Å². The molecule has 0 aromatic carbocycles. The Morgan fingerprint density at radius 3 is 2.93 bits per heavy atom. The second-order valence-corrected chi connectivity index (χ2v) is 3.65. The number of hydrogen-bond acceptors (Lipinski definition) is 5. The van der Waals surface area contributed by atoms with Gasteiger partial charge in [0.15, 0.2) is 0 Å². The summed E-state index contributed by atoms with van der Waals surface area (Å²) in [6.07, 6.45) is 1.70. The summed E-state index contributed by atoms with van der Waals surface area (Å²) in [5, 5.41) is 0.854. The van der Waals surface area contributed by atoms with E-state index < -0.39 is 12.0 Å². The maximum atomic E-state index is 11.0. The molecule has 1 unspecified atom stereocenters. The van der Waals surface area contributed by atoms with Crippen molar-refractivity contribution in [3.63, 3.8) is 0 Å². The van der Waals surface area contributed by atoms with E-state index in [-0.39, 0.29) is 12.4 Å². The Morgan fingerprint density at radius 1 is 1.67 bits per heavy atom. The first-order valence-corrected chi connectivity index (χ1v) is 5.10. The molecule has 0 aliphatic rings. The topological polar surface area (TPSA) is 65.2 Å². The molecule has 0 aliphatic heterocycles. The van der Waals surface area contributed by atoms with Gasteiger partial charge in [0.1, 0.15) is 6.04 Å². The number of ether oxygens (including phenoxy) is 1. The van der Waals surface area contributed by atoms with Gasteiger partial charge in [0, 0.05) is 11.9 Å². The van der Waals surface area contributed by atoms with E-state index in [1.807, 2.05) is 18.2 Å². The van der Waals surface area contributed by atoms with Crippen LogP contribution in [-0.2, 0) is 9.53 Å². The van der Waals surface area contributed by atoms with Crippen molar-refractivity contribution < 1.29 is 9.53 Å². The van der Waals surface area contributed by atoms with Crippen molar-refractivity contribution >= 4 is 30.1 Å². The number of carbonyl (C=O) groups excluding carboxylic acids is 1. The number of pyridine rings is 1. The van der Waals surface area contributed by atoms with Crippen LogP contribution < -0.4 is 5.73 Å². The van der Waals surface area contributed by atoms with E-state index in [9.17, 15) is 4.79 Å². The lowest BCUT2D eigenvalue weighted by Gasteiger charge is -2.07. The van der Waals surface area contributed by atoms with Crippen LogP contribution in [0.2, 0.25) is 0 Å². The fourth-order valence-electron chi connectivity index (χ4n) is 0.827. The molecule has 1 aromatic heterocycles. The van der Waals surface area contributed by atoms with E-state index in [1.54, 1.807) is 6.20 Å². The Morgan fingerprint density at radius 2 is 2.40 bits per heavy atom. The zero-order chi connectivity index (χ0) is 10.4. The maximum absolute atomic E-state index is 11.0. The molecule has 0 amide bonds. The molecular weight excluding hydrogens is 236 g/mol. The van der Waals surface area contributed by atoms with Gasteiger partial charge < -0.3 is 10.5 Å². The van der Waals surface area contributed by atoms with E-state index >= 15 is 0 Å². The number of nitrogens with two attached hydrogens (primary N) is 1. The van der Waals surface area contributed by atoms with Crippen molar-refractivity contribution in [1.82, 2.24) is 4.98 Å². The van der Waals surface area contributed by atoms with Crippen LogP contribution in [0.3, 0.4) is 0 Å². The minimum Gasteiger partial charge on any atom is -0.468 e. The first-order chi connectivity index (χ1) is 6.74. The molecule has 1 aromatic rings. The van der Waals surface area contributed by atoms with Gasteiger partial charge in [-0.15, -0.1) is 24.2 Å². The normalized spacial score (nSPS) is 11.3. The molecule has 0 aliphatic carbocycles. The molecule has 15 heavy (non-hydrogen) atoms. The molecule has 1 atom stereocenters. The van der Waals surface area contributed by atoms with Gasteiger partial charge in [-0.2, -0.15) is 0 Å². The zero-order valence-electron chi connectivity index (χ0n) is 8.25. The van der Waals surface area contributed by atoms with E-state index in [0.717, 1.165) is 5.03 Å². The second-order valence-electron chi connectivity index (χ2n) is 2.61. The Kier molecular flexibility index (Phi) is 7.11. The molecule has 6 heteroatoms. The Balaban J connectivity index is 0.00000196. The third-order valence-corrected chi connectivity index (χ3v) is 2.62. The zero-order valence-corrected chi connectivity index (χ0v) is 9.88. The average molecular weight is 249 g/mol.